The zero-order chi connectivity index (χ0) is 11.7. The van der Waals surface area contributed by atoms with Crippen molar-refractivity contribution in [3.63, 3.8) is 0 Å². The fourth-order valence-corrected chi connectivity index (χ4v) is 27.1. The molecule has 0 aromatic heterocycles. The maximum absolute atomic E-state index is 3.22. The Labute approximate surface area is 106 Å². The highest BCUT2D eigenvalue weighted by Crippen LogP contribution is 2.14. The van der Waals surface area contributed by atoms with E-state index < -0.39 is 17.9 Å². The van der Waals surface area contributed by atoms with Crippen LogP contribution in [0.25, 0.3) is 0 Å². The standard InChI is InChI=1S/C10H31NSi4/c1-5-9-14(7-3)11(13-12)15(8-4)10-6-2/h14-15H,5-10,13H2,1-4,12H3. The van der Waals surface area contributed by atoms with E-state index in [0.29, 0.717) is 0 Å². The van der Waals surface area contributed by atoms with Crippen molar-refractivity contribution in [1.82, 2.24) is 3.90 Å². The third kappa shape index (κ3) is 5.62. The average molecular weight is 278 g/mol. The summed E-state index contributed by atoms with van der Waals surface area (Å²) in [7, 11) is 0.905. The van der Waals surface area contributed by atoms with Gasteiger partial charge in [0.25, 0.3) is 0 Å². The van der Waals surface area contributed by atoms with Gasteiger partial charge in [0.05, 0.1) is 27.1 Å². The SMILES string of the molecule is CCC[SiH](CC)N([SiH2][SiH3])[SiH](CC)CCC. The van der Waals surface area contributed by atoms with E-state index in [-0.39, 0.29) is 9.20 Å². The second-order valence-corrected chi connectivity index (χ2v) is 16.6. The highest BCUT2D eigenvalue weighted by atomic mass is 29.1. The molecule has 0 saturated carbocycles. The van der Waals surface area contributed by atoms with Crippen LogP contribution in [0.3, 0.4) is 0 Å². The van der Waals surface area contributed by atoms with Gasteiger partial charge in [0.15, 0.2) is 0 Å². The molecule has 0 fully saturated rings. The molecule has 0 aromatic rings. The predicted octanol–water partition coefficient (Wildman–Crippen LogP) is 0.960. The minimum atomic E-state index is -0.444. The first-order valence-electron chi connectivity index (χ1n) is 7.00. The molecule has 2 atom stereocenters. The van der Waals surface area contributed by atoms with Crippen LogP contribution in [0.15, 0.2) is 0 Å². The van der Waals surface area contributed by atoms with Gasteiger partial charge >= 0.3 is 0 Å². The second-order valence-electron chi connectivity index (χ2n) is 4.53. The van der Waals surface area contributed by atoms with Gasteiger partial charge in [-0.05, 0) is 12.1 Å². The van der Waals surface area contributed by atoms with Crippen molar-refractivity contribution in [2.75, 3.05) is 0 Å². The van der Waals surface area contributed by atoms with Crippen molar-refractivity contribution in [2.45, 2.75) is 64.7 Å². The van der Waals surface area contributed by atoms with Gasteiger partial charge in [-0.3, -0.25) is 0 Å². The van der Waals surface area contributed by atoms with E-state index in [0.717, 1.165) is 0 Å². The molecular formula is C10H31NSi4. The van der Waals surface area contributed by atoms with E-state index in [2.05, 4.69) is 31.6 Å². The molecule has 0 aliphatic rings. The number of nitrogens with zero attached hydrogens (tertiary/aromatic N) is 1. The Morgan fingerprint density at radius 2 is 1.33 bits per heavy atom. The number of hydrogen-bond acceptors (Lipinski definition) is 1. The molecule has 0 spiro atoms. The Bertz CT molecular complexity index is 131. The van der Waals surface area contributed by atoms with Crippen LogP contribution in [0.5, 0.6) is 0 Å². The average Bonchev–Trinajstić information content (AvgIpc) is 2.27. The van der Waals surface area contributed by atoms with E-state index in [1.807, 2.05) is 0 Å². The molecular weight excluding hydrogens is 246 g/mol. The molecule has 2 unspecified atom stereocenters. The molecule has 15 heavy (non-hydrogen) atoms. The van der Waals surface area contributed by atoms with Crippen LogP contribution in [0.4, 0.5) is 0 Å². The highest BCUT2D eigenvalue weighted by Gasteiger charge is 2.23. The lowest BCUT2D eigenvalue weighted by molar-refractivity contribution is 0.895. The predicted molar refractivity (Wildman–Crippen MR) is 85.8 cm³/mol. The monoisotopic (exact) mass is 277 g/mol. The maximum atomic E-state index is 3.22. The Balaban J connectivity index is 4.37. The highest BCUT2D eigenvalue weighted by molar-refractivity contribution is 6.99. The summed E-state index contributed by atoms with van der Waals surface area (Å²) in [6, 6.07) is 6.27. The minimum absolute atomic E-state index is 0.266. The molecule has 0 N–H and O–H groups in total. The topological polar surface area (TPSA) is 3.24 Å². The van der Waals surface area contributed by atoms with Crippen molar-refractivity contribution in [2.24, 2.45) is 0 Å². The molecule has 0 amide bonds. The van der Waals surface area contributed by atoms with Gasteiger partial charge in [-0.15, -0.1) is 0 Å². The zero-order valence-corrected chi connectivity index (χ0v) is 17.3. The van der Waals surface area contributed by atoms with E-state index in [1.165, 1.54) is 34.7 Å². The van der Waals surface area contributed by atoms with Gasteiger partial charge in [-0.25, -0.2) is 0 Å². The van der Waals surface area contributed by atoms with Gasteiger partial charge in [0, 0.05) is 9.76 Å². The third-order valence-corrected chi connectivity index (χ3v) is 24.9. The molecule has 0 aliphatic carbocycles. The van der Waals surface area contributed by atoms with Gasteiger partial charge < -0.3 is 3.90 Å². The Morgan fingerprint density at radius 1 is 0.933 bits per heavy atom. The quantitative estimate of drug-likeness (QED) is 0.568. The molecule has 1 nitrogen and oxygen atoms in total. The molecule has 0 radical (unpaired) electrons. The largest absolute Gasteiger partial charge is 0.380 e. The van der Waals surface area contributed by atoms with Crippen LogP contribution in [0.2, 0.25) is 24.2 Å². The summed E-state index contributed by atoms with van der Waals surface area (Å²) in [5, 5.41) is 0. The first-order chi connectivity index (χ1) is 7.24. The first kappa shape index (κ1) is 15.8. The summed E-state index contributed by atoms with van der Waals surface area (Å²) in [4.78, 5) is 0. The van der Waals surface area contributed by atoms with Crippen molar-refractivity contribution in [1.29, 1.82) is 0 Å². The third-order valence-electron chi connectivity index (χ3n) is 3.49. The van der Waals surface area contributed by atoms with E-state index in [9.17, 15) is 0 Å². The summed E-state index contributed by atoms with van der Waals surface area (Å²) in [6.45, 7) is 9.67. The first-order valence-corrected chi connectivity index (χ1v) is 17.6. The van der Waals surface area contributed by atoms with Crippen LogP contribution >= 0.6 is 0 Å². The molecule has 0 saturated heterocycles. The van der Waals surface area contributed by atoms with Crippen molar-refractivity contribution < 1.29 is 0 Å². The van der Waals surface area contributed by atoms with Crippen molar-refractivity contribution in [3.05, 3.63) is 0 Å². The lowest BCUT2D eigenvalue weighted by Crippen LogP contribution is -2.51. The molecule has 5 heteroatoms. The number of rotatable bonds is 9. The van der Waals surface area contributed by atoms with Crippen LogP contribution < -0.4 is 0 Å². The lowest BCUT2D eigenvalue weighted by Gasteiger charge is -2.36. The van der Waals surface area contributed by atoms with Gasteiger partial charge in [-0.2, -0.15) is 0 Å². The summed E-state index contributed by atoms with van der Waals surface area (Å²) in [5.74, 6) is 0. The molecule has 0 bridgehead atoms. The summed E-state index contributed by atoms with van der Waals surface area (Å²) in [6.07, 6.45) is 2.88. The van der Waals surface area contributed by atoms with Gasteiger partial charge in [0.2, 0.25) is 0 Å². The summed E-state index contributed by atoms with van der Waals surface area (Å²) < 4.78 is 3.22. The lowest BCUT2D eigenvalue weighted by atomic mass is 10.6. The van der Waals surface area contributed by atoms with Crippen LogP contribution in [0.1, 0.15) is 40.5 Å². The van der Waals surface area contributed by atoms with Crippen molar-refractivity contribution in [3.8, 4) is 0 Å². The van der Waals surface area contributed by atoms with E-state index in [1.54, 1.807) is 12.1 Å². The molecule has 0 aromatic carbocycles. The Kier molecular flexibility index (Phi) is 10.6. The van der Waals surface area contributed by atoms with Crippen LogP contribution in [-0.2, 0) is 0 Å². The Morgan fingerprint density at radius 3 is 1.53 bits per heavy atom. The fourth-order valence-electron chi connectivity index (χ4n) is 2.69. The fraction of sp³-hybridized carbons (Fsp3) is 1.00. The molecule has 0 rings (SSSR count). The van der Waals surface area contributed by atoms with Crippen molar-refractivity contribution >= 4 is 36.9 Å². The molecule has 0 heterocycles. The smallest absolute Gasteiger partial charge is 0.0969 e. The summed E-state index contributed by atoms with van der Waals surface area (Å²) >= 11 is 0. The van der Waals surface area contributed by atoms with Gasteiger partial charge in [-0.1, -0.05) is 52.6 Å². The minimum Gasteiger partial charge on any atom is -0.380 e. The van der Waals surface area contributed by atoms with Gasteiger partial charge in [0.1, 0.15) is 0 Å². The molecule has 92 valence electrons. The second kappa shape index (κ2) is 10.0. The van der Waals surface area contributed by atoms with Crippen LogP contribution in [0, 0.1) is 0 Å². The molecule has 0 aliphatic heterocycles. The van der Waals surface area contributed by atoms with E-state index >= 15 is 0 Å². The normalized spacial score (nSPS) is 16.6. The summed E-state index contributed by atoms with van der Waals surface area (Å²) in [5.41, 5.74) is 0. The Hall–Kier alpha value is 0.828. The van der Waals surface area contributed by atoms with Crippen LogP contribution in [-0.4, -0.2) is 40.8 Å². The van der Waals surface area contributed by atoms with E-state index in [4.69, 9.17) is 0 Å². The number of hydrogen-bond donors (Lipinski definition) is 0. The zero-order valence-electron chi connectivity index (χ0n) is 11.6. The maximum Gasteiger partial charge on any atom is 0.0969 e.